The fourth-order valence-corrected chi connectivity index (χ4v) is 3.56. The minimum Gasteiger partial charge on any atom is -0.496 e. The molecule has 1 heterocycles. The molecule has 1 unspecified atom stereocenters. The molecule has 2 aromatic carbocycles. The summed E-state index contributed by atoms with van der Waals surface area (Å²) >= 11 is 0. The van der Waals surface area contributed by atoms with Gasteiger partial charge in [0.2, 0.25) is 0 Å². The van der Waals surface area contributed by atoms with Crippen LogP contribution in [0.5, 0.6) is 5.75 Å². The van der Waals surface area contributed by atoms with E-state index in [1.807, 2.05) is 6.07 Å². The maximum Gasteiger partial charge on any atom is 0.404 e. The van der Waals surface area contributed by atoms with Gasteiger partial charge >= 0.3 is 12.2 Å². The molecular formula is C23H25FN4O6. The topological polar surface area (TPSA) is 153 Å². The number of carboxylic acid groups (broad SMARTS) is 2. The number of carbonyl (C=O) groups excluding carboxylic acids is 1. The van der Waals surface area contributed by atoms with E-state index in [1.165, 1.54) is 19.2 Å². The Hall–Kier alpha value is -4.28. The molecule has 0 radical (unpaired) electrons. The van der Waals surface area contributed by atoms with E-state index >= 15 is 0 Å². The predicted octanol–water partition coefficient (Wildman–Crippen LogP) is 3.40. The van der Waals surface area contributed by atoms with Crippen LogP contribution in [0.4, 0.5) is 14.0 Å². The van der Waals surface area contributed by atoms with Gasteiger partial charge in [-0.3, -0.25) is 4.79 Å². The van der Waals surface area contributed by atoms with Gasteiger partial charge in [0.25, 0.3) is 5.91 Å². The number of hydrogen-bond acceptors (Lipinski definition) is 4. The summed E-state index contributed by atoms with van der Waals surface area (Å²) in [6.07, 6.45) is -1.68. The van der Waals surface area contributed by atoms with E-state index in [-0.39, 0.29) is 24.6 Å². The third-order valence-electron chi connectivity index (χ3n) is 5.18. The van der Waals surface area contributed by atoms with E-state index in [0.29, 0.717) is 29.5 Å². The fourth-order valence-electron chi connectivity index (χ4n) is 3.56. The summed E-state index contributed by atoms with van der Waals surface area (Å²) in [6.45, 7) is 0.185. The third kappa shape index (κ3) is 6.37. The van der Waals surface area contributed by atoms with Gasteiger partial charge in [-0.2, -0.15) is 0 Å². The predicted molar refractivity (Wildman–Crippen MR) is 123 cm³/mol. The van der Waals surface area contributed by atoms with Gasteiger partial charge in [0.05, 0.1) is 12.6 Å². The highest BCUT2D eigenvalue weighted by Gasteiger charge is 2.17. The lowest BCUT2D eigenvalue weighted by atomic mass is 10.0. The molecule has 3 rings (SSSR count). The summed E-state index contributed by atoms with van der Waals surface area (Å²) in [6, 6.07) is 10.7. The van der Waals surface area contributed by atoms with Crippen LogP contribution in [-0.2, 0) is 0 Å². The smallest absolute Gasteiger partial charge is 0.404 e. The number of fused-ring (bicyclic) bond motifs is 1. The summed E-state index contributed by atoms with van der Waals surface area (Å²) in [4.78, 5) is 37.3. The number of aromatic nitrogens is 1. The lowest BCUT2D eigenvalue weighted by molar-refractivity contribution is 0.0943. The summed E-state index contributed by atoms with van der Waals surface area (Å²) in [5.74, 6) is -0.254. The van der Waals surface area contributed by atoms with Crippen LogP contribution in [0.2, 0.25) is 0 Å². The van der Waals surface area contributed by atoms with Gasteiger partial charge in [-0.15, -0.1) is 0 Å². The first-order valence-electron chi connectivity index (χ1n) is 10.5. The van der Waals surface area contributed by atoms with Crippen molar-refractivity contribution in [2.75, 3.05) is 20.2 Å². The molecule has 3 aromatic rings. The summed E-state index contributed by atoms with van der Waals surface area (Å²) in [5, 5.41) is 25.5. The first-order valence-corrected chi connectivity index (χ1v) is 10.5. The number of amides is 3. The van der Waals surface area contributed by atoms with Crippen LogP contribution in [0.25, 0.3) is 22.0 Å². The SMILES string of the molecule is COc1cc(-c2ccc(F)cc2)cc2[nH]c(C(=O)NCC(CCCNC(=O)O)NC(=O)O)cc12. The van der Waals surface area contributed by atoms with Crippen molar-refractivity contribution in [1.29, 1.82) is 0 Å². The van der Waals surface area contributed by atoms with Crippen molar-refractivity contribution in [1.82, 2.24) is 20.9 Å². The molecule has 0 saturated heterocycles. The zero-order valence-electron chi connectivity index (χ0n) is 18.4. The molecule has 34 heavy (non-hydrogen) atoms. The van der Waals surface area contributed by atoms with E-state index in [1.54, 1.807) is 24.3 Å². The lowest BCUT2D eigenvalue weighted by Gasteiger charge is -2.17. The molecule has 10 nitrogen and oxygen atoms in total. The maximum absolute atomic E-state index is 13.3. The van der Waals surface area contributed by atoms with E-state index < -0.39 is 24.1 Å². The molecule has 1 aromatic heterocycles. The van der Waals surface area contributed by atoms with Gasteiger partial charge in [-0.25, -0.2) is 14.0 Å². The molecule has 3 amide bonds. The molecule has 0 saturated carbocycles. The van der Waals surface area contributed by atoms with Crippen LogP contribution in [0.3, 0.4) is 0 Å². The van der Waals surface area contributed by atoms with Crippen molar-refractivity contribution in [3.63, 3.8) is 0 Å². The average molecular weight is 472 g/mol. The second-order valence-corrected chi connectivity index (χ2v) is 7.56. The Kier molecular flexibility index (Phi) is 7.91. The van der Waals surface area contributed by atoms with Crippen molar-refractivity contribution in [2.24, 2.45) is 0 Å². The van der Waals surface area contributed by atoms with Crippen LogP contribution in [-0.4, -0.2) is 59.5 Å². The highest BCUT2D eigenvalue weighted by atomic mass is 19.1. The van der Waals surface area contributed by atoms with Gasteiger partial charge in [-0.1, -0.05) is 12.1 Å². The molecule has 180 valence electrons. The first kappa shape index (κ1) is 24.4. The zero-order chi connectivity index (χ0) is 24.7. The monoisotopic (exact) mass is 472 g/mol. The molecule has 0 aliphatic carbocycles. The molecule has 0 bridgehead atoms. The fraction of sp³-hybridized carbons (Fsp3) is 0.261. The van der Waals surface area contributed by atoms with Gasteiger partial charge in [0.1, 0.15) is 17.3 Å². The minimum absolute atomic E-state index is 0.0194. The molecule has 0 aliphatic rings. The number of nitrogens with one attached hydrogen (secondary N) is 4. The number of ether oxygens (including phenoxy) is 1. The van der Waals surface area contributed by atoms with Gasteiger partial charge < -0.3 is 35.9 Å². The Balaban J connectivity index is 1.73. The second-order valence-electron chi connectivity index (χ2n) is 7.56. The molecule has 6 N–H and O–H groups in total. The van der Waals surface area contributed by atoms with Crippen molar-refractivity contribution in [3.8, 4) is 16.9 Å². The second kappa shape index (κ2) is 11.0. The zero-order valence-corrected chi connectivity index (χ0v) is 18.4. The maximum atomic E-state index is 13.3. The van der Waals surface area contributed by atoms with Crippen LogP contribution in [0, 0.1) is 5.82 Å². The summed E-state index contributed by atoms with van der Waals surface area (Å²) < 4.78 is 18.7. The van der Waals surface area contributed by atoms with Crippen LogP contribution in [0.15, 0.2) is 42.5 Å². The molecule has 1 atom stereocenters. The van der Waals surface area contributed by atoms with Crippen molar-refractivity contribution < 1.29 is 33.7 Å². The first-order chi connectivity index (χ1) is 16.3. The Labute approximate surface area is 194 Å². The Morgan fingerprint density at radius 3 is 2.41 bits per heavy atom. The van der Waals surface area contributed by atoms with E-state index in [2.05, 4.69) is 20.9 Å². The number of methoxy groups -OCH3 is 1. The van der Waals surface area contributed by atoms with E-state index in [4.69, 9.17) is 14.9 Å². The standard InChI is InChI=1S/C23H25FN4O6/c1-34-20-10-14(13-4-6-15(24)7-5-13)9-18-17(20)11-19(28-18)21(29)26-12-16(27-23(32)33)3-2-8-25-22(30)31/h4-7,9-11,16,25,27-28H,2-3,8,12H2,1H3,(H,26,29)(H,30,31)(H,32,33). The van der Waals surface area contributed by atoms with Gasteiger partial charge in [0, 0.05) is 24.5 Å². The number of aromatic amines is 1. The third-order valence-corrected chi connectivity index (χ3v) is 5.18. The summed E-state index contributed by atoms with van der Waals surface area (Å²) in [5.41, 5.74) is 2.45. The van der Waals surface area contributed by atoms with Gasteiger partial charge in [-0.05, 0) is 54.3 Å². The largest absolute Gasteiger partial charge is 0.496 e. The van der Waals surface area contributed by atoms with Gasteiger partial charge in [0.15, 0.2) is 0 Å². The number of carbonyl (C=O) groups is 3. The van der Waals surface area contributed by atoms with Crippen LogP contribution < -0.4 is 20.7 Å². The van der Waals surface area contributed by atoms with E-state index in [9.17, 15) is 18.8 Å². The lowest BCUT2D eigenvalue weighted by Crippen LogP contribution is -2.43. The molecule has 0 aliphatic heterocycles. The quantitative estimate of drug-likeness (QED) is 0.249. The highest BCUT2D eigenvalue weighted by Crippen LogP contribution is 2.33. The normalized spacial score (nSPS) is 11.6. The average Bonchev–Trinajstić information content (AvgIpc) is 3.23. The molecular weight excluding hydrogens is 447 g/mol. The van der Waals surface area contributed by atoms with E-state index in [0.717, 1.165) is 11.1 Å². The number of rotatable bonds is 10. The Morgan fingerprint density at radius 1 is 1.03 bits per heavy atom. The number of H-pyrrole nitrogens is 1. The molecule has 0 spiro atoms. The van der Waals surface area contributed by atoms with Crippen LogP contribution in [0.1, 0.15) is 23.3 Å². The number of halogens is 1. The summed E-state index contributed by atoms with van der Waals surface area (Å²) in [7, 11) is 1.51. The van der Waals surface area contributed by atoms with Crippen LogP contribution >= 0.6 is 0 Å². The number of benzene rings is 2. The van der Waals surface area contributed by atoms with Crippen molar-refractivity contribution in [2.45, 2.75) is 18.9 Å². The number of hydrogen-bond donors (Lipinski definition) is 6. The Bertz CT molecular complexity index is 1180. The van der Waals surface area contributed by atoms with Crippen molar-refractivity contribution >= 4 is 29.0 Å². The molecule has 0 fully saturated rings. The van der Waals surface area contributed by atoms with Crippen molar-refractivity contribution in [3.05, 3.63) is 54.0 Å². The molecule has 11 heteroatoms. The Morgan fingerprint density at radius 2 is 1.76 bits per heavy atom. The minimum atomic E-state index is -1.24. The highest BCUT2D eigenvalue weighted by molar-refractivity contribution is 6.01.